The van der Waals surface area contributed by atoms with Crippen LogP contribution in [0.15, 0.2) is 59.5 Å². The molecule has 9 heteroatoms. The van der Waals surface area contributed by atoms with Gasteiger partial charge in [0.1, 0.15) is 12.4 Å². The second kappa shape index (κ2) is 10.9. The molecule has 2 fully saturated rings. The lowest BCUT2D eigenvalue weighted by Crippen LogP contribution is -2.53. The molecule has 4 rings (SSSR count). The van der Waals surface area contributed by atoms with Gasteiger partial charge in [-0.05, 0) is 37.1 Å². The summed E-state index contributed by atoms with van der Waals surface area (Å²) in [6.45, 7) is 4.85. The van der Waals surface area contributed by atoms with Gasteiger partial charge >= 0.3 is 0 Å². The molecule has 2 saturated heterocycles. The minimum Gasteiger partial charge on any atom is -0.491 e. The van der Waals surface area contributed by atoms with Gasteiger partial charge in [0.25, 0.3) is 0 Å². The zero-order chi connectivity index (χ0) is 23.3. The van der Waals surface area contributed by atoms with E-state index in [1.54, 1.807) is 36.4 Å². The molecule has 2 aromatic rings. The van der Waals surface area contributed by atoms with E-state index in [0.717, 1.165) is 26.1 Å². The molecule has 1 amide bonds. The highest BCUT2D eigenvalue weighted by atomic mass is 35.5. The van der Waals surface area contributed by atoms with E-state index in [1.165, 1.54) is 4.31 Å². The summed E-state index contributed by atoms with van der Waals surface area (Å²) >= 11 is 6.12. The second-order valence-corrected chi connectivity index (χ2v) is 10.8. The number of sulfonamides is 1. The Morgan fingerprint density at radius 2 is 1.67 bits per heavy atom. The number of carbonyl (C=O) groups excluding carboxylic acids is 1. The summed E-state index contributed by atoms with van der Waals surface area (Å²) in [6, 6.07) is 15.9. The summed E-state index contributed by atoms with van der Waals surface area (Å²) in [5.41, 5.74) is 0. The fourth-order valence-electron chi connectivity index (χ4n) is 4.40. The number of carbonyl (C=O) groups is 1. The molecule has 7 nitrogen and oxygen atoms in total. The van der Waals surface area contributed by atoms with Gasteiger partial charge in [-0.2, -0.15) is 4.31 Å². The zero-order valence-electron chi connectivity index (χ0n) is 18.6. The first-order valence-corrected chi connectivity index (χ1v) is 13.2. The lowest BCUT2D eigenvalue weighted by Gasteiger charge is -2.38. The first-order chi connectivity index (χ1) is 15.9. The van der Waals surface area contributed by atoms with Crippen LogP contribution in [0.3, 0.4) is 0 Å². The van der Waals surface area contributed by atoms with Crippen molar-refractivity contribution in [1.29, 1.82) is 0 Å². The highest BCUT2D eigenvalue weighted by Crippen LogP contribution is 2.26. The maximum absolute atomic E-state index is 13.2. The van der Waals surface area contributed by atoms with Gasteiger partial charge in [-0.15, -0.1) is 0 Å². The quantitative estimate of drug-likeness (QED) is 0.595. The van der Waals surface area contributed by atoms with Crippen molar-refractivity contribution in [2.45, 2.75) is 17.7 Å². The summed E-state index contributed by atoms with van der Waals surface area (Å²) < 4.78 is 33.2. The first kappa shape index (κ1) is 24.0. The number of halogens is 1. The van der Waals surface area contributed by atoms with Gasteiger partial charge in [0.2, 0.25) is 15.9 Å². The first-order valence-electron chi connectivity index (χ1n) is 11.4. The molecule has 0 N–H and O–H groups in total. The number of benzene rings is 2. The molecule has 2 aliphatic rings. The van der Waals surface area contributed by atoms with Crippen molar-refractivity contribution >= 4 is 27.5 Å². The van der Waals surface area contributed by atoms with E-state index in [-0.39, 0.29) is 23.3 Å². The molecule has 1 atom stereocenters. The lowest BCUT2D eigenvalue weighted by molar-refractivity contribution is -0.138. The number of piperazine rings is 1. The third-order valence-corrected chi connectivity index (χ3v) is 8.49. The summed E-state index contributed by atoms with van der Waals surface area (Å²) in [7, 11) is -3.57. The van der Waals surface area contributed by atoms with E-state index in [9.17, 15) is 13.2 Å². The SMILES string of the molecule is O=C(C1CCCN(S(=O)(=O)c2ccccc2)C1)N1CCN(CCOc2ccccc2Cl)CC1. The van der Waals surface area contributed by atoms with Crippen LogP contribution in [0, 0.1) is 5.92 Å². The molecule has 0 radical (unpaired) electrons. The number of nitrogens with zero attached hydrogens (tertiary/aromatic N) is 3. The van der Waals surface area contributed by atoms with Crippen molar-refractivity contribution in [3.63, 3.8) is 0 Å². The van der Waals surface area contributed by atoms with E-state index >= 15 is 0 Å². The molecule has 178 valence electrons. The highest BCUT2D eigenvalue weighted by Gasteiger charge is 2.35. The Hall–Kier alpha value is -2.13. The lowest BCUT2D eigenvalue weighted by atomic mass is 9.98. The molecule has 2 aromatic carbocycles. The molecule has 33 heavy (non-hydrogen) atoms. The van der Waals surface area contributed by atoms with Crippen molar-refractivity contribution in [3.05, 3.63) is 59.6 Å². The molecule has 0 saturated carbocycles. The Morgan fingerprint density at radius 3 is 2.39 bits per heavy atom. The third kappa shape index (κ3) is 5.87. The standard InChI is InChI=1S/C24H30ClN3O4S/c25-22-10-4-5-11-23(22)32-18-17-26-13-15-27(16-14-26)24(29)20-7-6-12-28(19-20)33(30,31)21-8-2-1-3-9-21/h1-5,8-11,20H,6-7,12-19H2. The van der Waals surface area contributed by atoms with Gasteiger partial charge in [-0.1, -0.05) is 41.9 Å². The third-order valence-electron chi connectivity index (χ3n) is 6.30. The number of rotatable bonds is 7. The Labute approximate surface area is 200 Å². The molecule has 0 aromatic heterocycles. The van der Waals surface area contributed by atoms with Crippen LogP contribution in [-0.2, 0) is 14.8 Å². The van der Waals surface area contributed by atoms with Crippen LogP contribution in [-0.4, -0.2) is 80.9 Å². The van der Waals surface area contributed by atoms with E-state index in [0.29, 0.717) is 43.4 Å². The number of amides is 1. The van der Waals surface area contributed by atoms with Crippen LogP contribution in [0.4, 0.5) is 0 Å². The number of ether oxygens (including phenoxy) is 1. The van der Waals surface area contributed by atoms with E-state index in [4.69, 9.17) is 16.3 Å². The van der Waals surface area contributed by atoms with Crippen LogP contribution >= 0.6 is 11.6 Å². The smallest absolute Gasteiger partial charge is 0.243 e. The average Bonchev–Trinajstić information content (AvgIpc) is 2.86. The van der Waals surface area contributed by atoms with E-state index in [2.05, 4.69) is 4.90 Å². The van der Waals surface area contributed by atoms with Gasteiger partial charge < -0.3 is 9.64 Å². The van der Waals surface area contributed by atoms with Gasteiger partial charge in [0, 0.05) is 45.8 Å². The second-order valence-electron chi connectivity index (χ2n) is 8.46. The average molecular weight is 492 g/mol. The monoisotopic (exact) mass is 491 g/mol. The van der Waals surface area contributed by atoms with Gasteiger partial charge in [0.05, 0.1) is 15.8 Å². The predicted molar refractivity (Wildman–Crippen MR) is 128 cm³/mol. The number of para-hydroxylation sites is 1. The minimum atomic E-state index is -3.57. The molecular weight excluding hydrogens is 462 g/mol. The summed E-state index contributed by atoms with van der Waals surface area (Å²) in [5, 5.41) is 0.601. The fourth-order valence-corrected chi connectivity index (χ4v) is 6.14. The van der Waals surface area contributed by atoms with Crippen molar-refractivity contribution in [1.82, 2.24) is 14.1 Å². The zero-order valence-corrected chi connectivity index (χ0v) is 20.2. The summed E-state index contributed by atoms with van der Waals surface area (Å²) in [5.74, 6) is 0.461. The number of hydrogen-bond donors (Lipinski definition) is 0. The highest BCUT2D eigenvalue weighted by molar-refractivity contribution is 7.89. The number of piperidine rings is 1. The van der Waals surface area contributed by atoms with Gasteiger partial charge in [0.15, 0.2) is 0 Å². The Bertz CT molecular complexity index is 1040. The van der Waals surface area contributed by atoms with Crippen LogP contribution in [0.5, 0.6) is 5.75 Å². The molecule has 0 spiro atoms. The molecule has 2 heterocycles. The predicted octanol–water partition coefficient (Wildman–Crippen LogP) is 2.96. The van der Waals surface area contributed by atoms with E-state index < -0.39 is 10.0 Å². The van der Waals surface area contributed by atoms with Crippen molar-refractivity contribution in [3.8, 4) is 5.75 Å². The van der Waals surface area contributed by atoms with Gasteiger partial charge in [-0.25, -0.2) is 8.42 Å². The van der Waals surface area contributed by atoms with Crippen LogP contribution in [0.2, 0.25) is 5.02 Å². The fraction of sp³-hybridized carbons (Fsp3) is 0.458. The summed E-state index contributed by atoms with van der Waals surface area (Å²) in [6.07, 6.45) is 1.42. The van der Waals surface area contributed by atoms with Crippen molar-refractivity contribution < 1.29 is 17.9 Å². The Kier molecular flexibility index (Phi) is 7.90. The van der Waals surface area contributed by atoms with Crippen LogP contribution < -0.4 is 4.74 Å². The molecular formula is C24H30ClN3O4S. The van der Waals surface area contributed by atoms with Crippen molar-refractivity contribution in [2.24, 2.45) is 5.92 Å². The Balaban J connectivity index is 1.26. The molecule has 0 aliphatic carbocycles. The van der Waals surface area contributed by atoms with Crippen molar-refractivity contribution in [2.75, 3.05) is 52.4 Å². The van der Waals surface area contributed by atoms with Gasteiger partial charge in [-0.3, -0.25) is 9.69 Å². The topological polar surface area (TPSA) is 70.2 Å². The normalized spacial score (nSPS) is 20.5. The minimum absolute atomic E-state index is 0.0647. The molecule has 0 bridgehead atoms. The van der Waals surface area contributed by atoms with Crippen LogP contribution in [0.1, 0.15) is 12.8 Å². The largest absolute Gasteiger partial charge is 0.491 e. The maximum atomic E-state index is 13.2. The number of hydrogen-bond acceptors (Lipinski definition) is 5. The Morgan fingerprint density at radius 1 is 0.970 bits per heavy atom. The molecule has 2 aliphatic heterocycles. The summed E-state index contributed by atoms with van der Waals surface area (Å²) in [4.78, 5) is 17.6. The van der Waals surface area contributed by atoms with Crippen LogP contribution in [0.25, 0.3) is 0 Å². The maximum Gasteiger partial charge on any atom is 0.243 e. The molecule has 1 unspecified atom stereocenters. The van der Waals surface area contributed by atoms with E-state index in [1.807, 2.05) is 23.1 Å².